The Labute approximate surface area is 82.3 Å². The minimum atomic E-state index is -0.509. The van der Waals surface area contributed by atoms with Gasteiger partial charge in [-0.15, -0.1) is 0 Å². The van der Waals surface area contributed by atoms with Crippen LogP contribution < -0.4 is 0 Å². The van der Waals surface area contributed by atoms with Gasteiger partial charge in [0.05, 0.1) is 0 Å². The molecule has 0 fully saturated rings. The van der Waals surface area contributed by atoms with Gasteiger partial charge >= 0.3 is 83.1 Å². The predicted molar refractivity (Wildman–Crippen MR) is 47.7 cm³/mol. The fourth-order valence-corrected chi connectivity index (χ4v) is 21.2. The monoisotopic (exact) mass is 283 g/mol. The van der Waals surface area contributed by atoms with Crippen molar-refractivity contribution >= 4 is 3.59 Å². The summed E-state index contributed by atoms with van der Waals surface area (Å²) in [5.41, 5.74) is 0. The van der Waals surface area contributed by atoms with Crippen LogP contribution in [-0.2, 0) is 0 Å². The second kappa shape index (κ2) is 5.99. The zero-order valence-corrected chi connectivity index (χ0v) is 12.5. The summed E-state index contributed by atoms with van der Waals surface area (Å²) in [6, 6.07) is 4.76. The van der Waals surface area contributed by atoms with E-state index in [1.165, 1.54) is 0 Å². The van der Waals surface area contributed by atoms with E-state index in [0.29, 0.717) is 0 Å². The molecule has 10 heavy (non-hydrogen) atoms. The topological polar surface area (TPSA) is 0 Å². The standard InChI is InChI=1S/C6H15Si.C2H5.La/c1-4-7(5-2)6-3;1-2;/h4-6H2,1-3H3;1H2,2H3;. The van der Waals surface area contributed by atoms with E-state index in [9.17, 15) is 0 Å². The number of hydrogen-bond donors (Lipinski definition) is 0. The molecule has 2 heteroatoms. The van der Waals surface area contributed by atoms with Gasteiger partial charge in [0.25, 0.3) is 0 Å². The molecule has 0 aromatic heterocycles. The first-order valence-electron chi connectivity index (χ1n) is 4.59. The van der Waals surface area contributed by atoms with E-state index in [1.807, 2.05) is 0 Å². The van der Waals surface area contributed by atoms with Crippen molar-refractivity contribution in [1.29, 1.82) is 0 Å². The van der Waals surface area contributed by atoms with Crippen LogP contribution in [0.25, 0.3) is 0 Å². The maximum absolute atomic E-state index is 2.44. The molecule has 0 heterocycles. The third-order valence-electron chi connectivity index (χ3n) is 2.75. The molecule has 0 saturated heterocycles. The Morgan fingerprint density at radius 3 is 1.40 bits per heavy atom. The van der Waals surface area contributed by atoms with Crippen LogP contribution in [0.2, 0.25) is 21.0 Å². The number of rotatable bonds is 5. The van der Waals surface area contributed by atoms with Crippen LogP contribution in [-0.4, -0.2) is 3.59 Å². The van der Waals surface area contributed by atoms with Gasteiger partial charge in [-0.25, -0.2) is 0 Å². The summed E-state index contributed by atoms with van der Waals surface area (Å²) < 4.78 is 1.10. The summed E-state index contributed by atoms with van der Waals surface area (Å²) >= 11 is -0.225. The molecule has 0 nitrogen and oxygen atoms in total. The summed E-state index contributed by atoms with van der Waals surface area (Å²) in [6.07, 6.45) is 0. The van der Waals surface area contributed by atoms with Gasteiger partial charge in [-0.3, -0.25) is 0 Å². The van der Waals surface area contributed by atoms with E-state index in [4.69, 9.17) is 0 Å². The van der Waals surface area contributed by atoms with Gasteiger partial charge in [0.2, 0.25) is 0 Å². The van der Waals surface area contributed by atoms with Crippen molar-refractivity contribution in [2.24, 2.45) is 0 Å². The Bertz CT molecular complexity index is 71.1. The van der Waals surface area contributed by atoms with E-state index in [1.54, 1.807) is 21.0 Å². The van der Waals surface area contributed by atoms with E-state index >= 15 is 0 Å². The van der Waals surface area contributed by atoms with Gasteiger partial charge in [0.1, 0.15) is 0 Å². The summed E-state index contributed by atoms with van der Waals surface area (Å²) in [5, 5.41) is 0. The third-order valence-corrected chi connectivity index (χ3v) is 31.8. The molecule has 0 spiro atoms. The predicted octanol–water partition coefficient (Wildman–Crippen LogP) is 3.51. The first-order valence-corrected chi connectivity index (χ1v) is 15.3. The van der Waals surface area contributed by atoms with Crippen molar-refractivity contribution in [3.05, 3.63) is 0 Å². The van der Waals surface area contributed by atoms with Crippen LogP contribution in [0.4, 0.5) is 0 Å². The first kappa shape index (κ1) is 11.4. The Morgan fingerprint density at radius 2 is 1.30 bits per heavy atom. The Morgan fingerprint density at radius 1 is 0.900 bits per heavy atom. The molecule has 0 aromatic rings. The molecule has 0 rings (SSSR count). The zero-order valence-electron chi connectivity index (χ0n) is 7.91. The fraction of sp³-hybridized carbons (Fsp3) is 1.00. The van der Waals surface area contributed by atoms with Crippen molar-refractivity contribution in [3.63, 3.8) is 0 Å². The molecular weight excluding hydrogens is 263 g/mol. The molecule has 0 saturated carbocycles. The van der Waals surface area contributed by atoms with Crippen molar-refractivity contribution in [2.45, 2.75) is 48.7 Å². The SMILES string of the molecule is C[CH2][La][Si](CC)(CC)CC. The first-order chi connectivity index (χ1) is 4.74. The number of hydrogen-bond acceptors (Lipinski definition) is 0. The van der Waals surface area contributed by atoms with Crippen molar-refractivity contribution in [2.75, 3.05) is 0 Å². The van der Waals surface area contributed by atoms with Gasteiger partial charge < -0.3 is 0 Å². The molecule has 0 radical (unpaired) electrons. The van der Waals surface area contributed by atoms with Gasteiger partial charge in [-0.1, -0.05) is 0 Å². The van der Waals surface area contributed by atoms with E-state index < -0.39 is 3.59 Å². The summed E-state index contributed by atoms with van der Waals surface area (Å²) in [5.74, 6) is 0. The van der Waals surface area contributed by atoms with Crippen LogP contribution in [0.1, 0.15) is 27.7 Å². The van der Waals surface area contributed by atoms with E-state index in [0.717, 1.165) is 0 Å². The molecular formula is C8H20LaSi. The molecule has 0 N–H and O–H groups in total. The summed E-state index contributed by atoms with van der Waals surface area (Å²) in [7, 11) is 0. The van der Waals surface area contributed by atoms with Crippen LogP contribution in [0.3, 0.4) is 0 Å². The average Bonchev–Trinajstić information content (AvgIpc) is 2.01. The molecule has 0 aliphatic carbocycles. The molecule has 0 bridgehead atoms. The minimum absolute atomic E-state index is 0.225. The molecule has 0 aromatic carbocycles. The average molecular weight is 283 g/mol. The van der Waals surface area contributed by atoms with Crippen molar-refractivity contribution in [3.8, 4) is 0 Å². The third kappa shape index (κ3) is 3.21. The normalized spacial score (nSPS) is 11.2. The Balaban J connectivity index is 3.87. The van der Waals surface area contributed by atoms with E-state index in [-0.39, 0.29) is 30.8 Å². The summed E-state index contributed by atoms with van der Waals surface area (Å²) in [6.45, 7) is 9.72. The molecule has 0 aliphatic rings. The maximum atomic E-state index is 2.44. The van der Waals surface area contributed by atoms with Gasteiger partial charge in [-0.2, -0.15) is 0 Å². The van der Waals surface area contributed by atoms with Crippen LogP contribution >= 0.6 is 0 Å². The van der Waals surface area contributed by atoms with Gasteiger partial charge in [0, 0.05) is 0 Å². The quantitative estimate of drug-likeness (QED) is 0.677. The molecule has 0 unspecified atom stereocenters. The van der Waals surface area contributed by atoms with Crippen molar-refractivity contribution in [1.82, 2.24) is 0 Å². The Kier molecular flexibility index (Phi) is 6.83. The van der Waals surface area contributed by atoms with Crippen LogP contribution in [0.15, 0.2) is 0 Å². The summed E-state index contributed by atoms with van der Waals surface area (Å²) in [4.78, 5) is 0. The van der Waals surface area contributed by atoms with E-state index in [2.05, 4.69) is 27.7 Å². The molecule has 59 valence electrons. The van der Waals surface area contributed by atoms with Crippen LogP contribution in [0.5, 0.6) is 0 Å². The second-order valence-electron chi connectivity index (χ2n) is 3.04. The molecule has 0 aliphatic heterocycles. The van der Waals surface area contributed by atoms with Crippen molar-refractivity contribution < 1.29 is 30.8 Å². The Hall–Kier alpha value is 1.41. The second-order valence-corrected chi connectivity index (χ2v) is 26.2. The van der Waals surface area contributed by atoms with Gasteiger partial charge in [-0.05, 0) is 0 Å². The fourth-order valence-electron chi connectivity index (χ4n) is 1.62. The molecule has 0 atom stereocenters. The van der Waals surface area contributed by atoms with Crippen LogP contribution in [0, 0.1) is 30.8 Å². The zero-order chi connectivity index (χ0) is 8.04. The molecule has 0 amide bonds. The van der Waals surface area contributed by atoms with Gasteiger partial charge in [0.15, 0.2) is 0 Å².